The van der Waals surface area contributed by atoms with Crippen molar-refractivity contribution in [3.8, 4) is 0 Å². The number of halogens is 4. The Morgan fingerprint density at radius 2 is 2.07 bits per heavy atom. The first kappa shape index (κ1) is 18.9. The molecule has 4 rings (SSSR count). The summed E-state index contributed by atoms with van der Waals surface area (Å²) in [6.45, 7) is -1.09. The number of nitrogens with zero attached hydrogens (tertiary/aromatic N) is 4. The highest BCUT2D eigenvalue weighted by molar-refractivity contribution is 9.10. The summed E-state index contributed by atoms with van der Waals surface area (Å²) >= 11 is 3.43. The van der Waals surface area contributed by atoms with Crippen LogP contribution < -0.4 is 5.32 Å². The summed E-state index contributed by atoms with van der Waals surface area (Å²) in [6, 6.07) is 5.48. The second-order valence-corrected chi connectivity index (χ2v) is 7.98. The molecule has 11 heteroatoms. The normalized spacial score (nSPS) is 17.6. The number of aromatic nitrogens is 3. The van der Waals surface area contributed by atoms with Gasteiger partial charge in [-0.15, -0.1) is 5.10 Å². The van der Waals surface area contributed by atoms with Gasteiger partial charge in [0, 0.05) is 22.0 Å². The average molecular weight is 458 g/mol. The van der Waals surface area contributed by atoms with E-state index in [1.165, 1.54) is 4.90 Å². The van der Waals surface area contributed by atoms with Crippen molar-refractivity contribution < 1.29 is 22.8 Å². The third-order valence-corrected chi connectivity index (χ3v) is 5.37. The number of fused-ring (bicyclic) bond motifs is 2. The Morgan fingerprint density at radius 1 is 1.32 bits per heavy atom. The second-order valence-electron chi connectivity index (χ2n) is 7.06. The molecule has 2 heterocycles. The van der Waals surface area contributed by atoms with Gasteiger partial charge in [-0.2, -0.15) is 13.2 Å². The van der Waals surface area contributed by atoms with Gasteiger partial charge in [-0.1, -0.05) is 15.9 Å². The molecular weight excluding hydrogens is 443 g/mol. The maximum atomic E-state index is 12.8. The number of amides is 2. The van der Waals surface area contributed by atoms with Crippen molar-refractivity contribution >= 4 is 33.7 Å². The lowest BCUT2D eigenvalue weighted by Gasteiger charge is -2.34. The summed E-state index contributed by atoms with van der Waals surface area (Å²) in [5, 5.41) is 5.93. The maximum Gasteiger partial charge on any atom is 0.408 e. The summed E-state index contributed by atoms with van der Waals surface area (Å²) in [5.41, 5.74) is 1.45. The summed E-state index contributed by atoms with van der Waals surface area (Å²) in [4.78, 5) is 30.2. The first-order valence-electron chi connectivity index (χ1n) is 8.51. The summed E-state index contributed by atoms with van der Waals surface area (Å²) < 4.78 is 38.6. The van der Waals surface area contributed by atoms with Crippen LogP contribution in [0.1, 0.15) is 28.8 Å². The molecule has 0 saturated heterocycles. The number of carbonyl (C=O) groups excluding carboxylic acids is 2. The van der Waals surface area contributed by atoms with Crippen LogP contribution in [0.2, 0.25) is 0 Å². The van der Waals surface area contributed by atoms with E-state index in [9.17, 15) is 22.8 Å². The molecule has 0 bridgehead atoms. The lowest BCUT2D eigenvalue weighted by molar-refractivity contribution is -0.142. The molecule has 0 atom stereocenters. The monoisotopic (exact) mass is 457 g/mol. The summed E-state index contributed by atoms with van der Waals surface area (Å²) in [5.74, 6) is -1.04. The van der Waals surface area contributed by atoms with Crippen LogP contribution in [-0.2, 0) is 16.8 Å². The molecule has 7 nitrogen and oxygen atoms in total. The third kappa shape index (κ3) is 3.75. The quantitative estimate of drug-likeness (QED) is 0.765. The van der Waals surface area contributed by atoms with Gasteiger partial charge in [-0.25, -0.2) is 9.67 Å². The highest BCUT2D eigenvalue weighted by atomic mass is 79.9. The van der Waals surface area contributed by atoms with E-state index in [0.717, 1.165) is 29.2 Å². The Hall–Kier alpha value is -2.43. The highest BCUT2D eigenvalue weighted by Crippen LogP contribution is 2.52. The summed E-state index contributed by atoms with van der Waals surface area (Å²) in [7, 11) is 0. The van der Waals surface area contributed by atoms with E-state index in [-0.39, 0.29) is 23.8 Å². The molecule has 1 saturated carbocycles. The molecule has 0 unspecified atom stereocenters. The Kier molecular flexibility index (Phi) is 4.44. The van der Waals surface area contributed by atoms with Crippen LogP contribution in [0.15, 0.2) is 29.0 Å². The minimum Gasteiger partial charge on any atom is -0.328 e. The van der Waals surface area contributed by atoms with Gasteiger partial charge in [0.1, 0.15) is 19.4 Å². The van der Waals surface area contributed by atoms with Crippen LogP contribution >= 0.6 is 15.9 Å². The van der Waals surface area contributed by atoms with Gasteiger partial charge in [-0.05, 0) is 36.6 Å². The minimum atomic E-state index is -4.43. The van der Waals surface area contributed by atoms with E-state index in [2.05, 4.69) is 31.3 Å². The van der Waals surface area contributed by atoms with Crippen LogP contribution in [0, 0.1) is 0 Å². The number of hydrogen-bond acceptors (Lipinski definition) is 4. The summed E-state index contributed by atoms with van der Waals surface area (Å²) in [6.07, 6.45) is -1.67. The number of carbonyl (C=O) groups is 2. The Bertz CT molecular complexity index is 955. The molecule has 2 aromatic rings. The minimum absolute atomic E-state index is 0.125. The number of hydrogen-bond donors (Lipinski definition) is 1. The smallest absolute Gasteiger partial charge is 0.328 e. The van der Waals surface area contributed by atoms with Gasteiger partial charge in [0.15, 0.2) is 0 Å². The number of rotatable bonds is 4. The predicted molar refractivity (Wildman–Crippen MR) is 95.7 cm³/mol. The van der Waals surface area contributed by atoms with Crippen molar-refractivity contribution in [1.82, 2.24) is 19.7 Å². The zero-order valence-corrected chi connectivity index (χ0v) is 16.0. The third-order valence-electron chi connectivity index (χ3n) is 4.88. The van der Waals surface area contributed by atoms with Gasteiger partial charge in [0.2, 0.25) is 11.9 Å². The Labute approximate surface area is 166 Å². The maximum absolute atomic E-state index is 12.8. The first-order valence-corrected chi connectivity index (χ1v) is 9.30. The van der Waals surface area contributed by atoms with Crippen molar-refractivity contribution in [2.24, 2.45) is 0 Å². The lowest BCUT2D eigenvalue weighted by atomic mass is 9.86. The Balaban J connectivity index is 1.44. The molecule has 1 fully saturated rings. The fourth-order valence-corrected chi connectivity index (χ4v) is 3.85. The first-order chi connectivity index (χ1) is 13.2. The van der Waals surface area contributed by atoms with Crippen molar-refractivity contribution in [1.29, 1.82) is 0 Å². The molecule has 1 aliphatic carbocycles. The number of nitrogens with one attached hydrogen (secondary N) is 1. The Morgan fingerprint density at radius 3 is 2.75 bits per heavy atom. The van der Waals surface area contributed by atoms with Crippen LogP contribution in [0.5, 0.6) is 0 Å². The van der Waals surface area contributed by atoms with Crippen molar-refractivity contribution in [2.75, 3.05) is 18.4 Å². The zero-order chi connectivity index (χ0) is 20.1. The van der Waals surface area contributed by atoms with Crippen molar-refractivity contribution in [2.45, 2.75) is 31.0 Å². The molecule has 1 aliphatic heterocycles. The highest BCUT2D eigenvalue weighted by Gasteiger charge is 2.51. The number of benzene rings is 1. The zero-order valence-electron chi connectivity index (χ0n) is 14.5. The van der Waals surface area contributed by atoms with Crippen LogP contribution in [0.3, 0.4) is 0 Å². The van der Waals surface area contributed by atoms with E-state index in [4.69, 9.17) is 0 Å². The van der Waals surface area contributed by atoms with E-state index in [1.54, 1.807) is 12.1 Å². The second kappa shape index (κ2) is 6.57. The van der Waals surface area contributed by atoms with Gasteiger partial charge < -0.3 is 4.90 Å². The lowest BCUT2D eigenvalue weighted by Crippen LogP contribution is -2.46. The number of alkyl halides is 3. The SMILES string of the molecule is O=C(CN1CC2(CC2)c2cc(Br)ccc2C1=O)Nc1ncn(CC(F)(F)F)n1. The van der Waals surface area contributed by atoms with Gasteiger partial charge in [0.25, 0.3) is 5.91 Å². The average Bonchev–Trinajstić information content (AvgIpc) is 3.24. The van der Waals surface area contributed by atoms with E-state index in [1.807, 2.05) is 6.07 Å². The molecule has 1 N–H and O–H groups in total. The van der Waals surface area contributed by atoms with Gasteiger partial charge >= 0.3 is 6.18 Å². The fraction of sp³-hybridized carbons (Fsp3) is 0.412. The molecular formula is C17H15BrF3N5O2. The molecule has 148 valence electrons. The van der Waals surface area contributed by atoms with Gasteiger partial charge in [0.05, 0.1) is 0 Å². The van der Waals surface area contributed by atoms with Gasteiger partial charge in [-0.3, -0.25) is 14.9 Å². The standard InChI is InChI=1S/C17H15BrF3N5O2/c18-10-1-2-11-12(5-10)16(3-4-16)7-25(14(11)28)6-13(27)23-15-22-9-26(24-15)8-17(19,20)21/h1-2,5,9H,3-4,6-8H2,(H,23,24,27). The molecule has 1 aromatic heterocycles. The molecule has 28 heavy (non-hydrogen) atoms. The predicted octanol–water partition coefficient (Wildman–Crippen LogP) is 2.73. The van der Waals surface area contributed by atoms with Crippen molar-refractivity contribution in [3.63, 3.8) is 0 Å². The van der Waals surface area contributed by atoms with E-state index in [0.29, 0.717) is 16.8 Å². The van der Waals surface area contributed by atoms with Crippen LogP contribution in [-0.4, -0.2) is 50.7 Å². The van der Waals surface area contributed by atoms with E-state index >= 15 is 0 Å². The molecule has 0 radical (unpaired) electrons. The molecule has 2 aliphatic rings. The topological polar surface area (TPSA) is 80.1 Å². The fourth-order valence-electron chi connectivity index (χ4n) is 3.49. The molecule has 1 aromatic carbocycles. The van der Waals surface area contributed by atoms with E-state index < -0.39 is 18.6 Å². The number of anilines is 1. The van der Waals surface area contributed by atoms with Crippen LogP contribution in [0.4, 0.5) is 19.1 Å². The molecule has 1 spiro atoms. The largest absolute Gasteiger partial charge is 0.408 e. The van der Waals surface area contributed by atoms with Crippen molar-refractivity contribution in [3.05, 3.63) is 40.1 Å². The van der Waals surface area contributed by atoms with Crippen LogP contribution in [0.25, 0.3) is 0 Å². The molecule has 2 amide bonds.